The topological polar surface area (TPSA) is 64.7 Å². The smallest absolute Gasteiger partial charge is 0.495 e. The largest absolute Gasteiger partial charge is 0.508 e. The van der Waals surface area contributed by atoms with E-state index in [1.807, 2.05) is 34.6 Å². The SMILES string of the molecule is Cc1c(O)cc(N)cc1B1OC(C)(C)C(C)(C)O1. The first kappa shape index (κ1) is 13.2. The van der Waals surface area contributed by atoms with Crippen molar-refractivity contribution in [2.75, 3.05) is 5.73 Å². The molecular formula is C13H20BNO3. The van der Waals surface area contributed by atoms with E-state index in [0.29, 0.717) is 5.69 Å². The normalized spacial score (nSPS) is 21.3. The summed E-state index contributed by atoms with van der Waals surface area (Å²) in [5, 5.41) is 9.81. The number of aromatic hydroxyl groups is 1. The zero-order chi connectivity index (χ0) is 13.7. The van der Waals surface area contributed by atoms with E-state index in [4.69, 9.17) is 15.0 Å². The van der Waals surface area contributed by atoms with Gasteiger partial charge in [-0.05, 0) is 51.7 Å². The molecule has 0 saturated carbocycles. The molecule has 1 aliphatic rings. The Balaban J connectivity index is 2.41. The number of rotatable bonds is 1. The second-order valence-corrected chi connectivity index (χ2v) is 5.84. The summed E-state index contributed by atoms with van der Waals surface area (Å²) < 4.78 is 11.9. The maximum Gasteiger partial charge on any atom is 0.495 e. The molecular weight excluding hydrogens is 229 g/mol. The Kier molecular flexibility index (Phi) is 2.87. The molecule has 0 aromatic heterocycles. The van der Waals surface area contributed by atoms with Crippen LogP contribution in [0.5, 0.6) is 5.75 Å². The van der Waals surface area contributed by atoms with Gasteiger partial charge in [-0.15, -0.1) is 0 Å². The van der Waals surface area contributed by atoms with Gasteiger partial charge in [-0.1, -0.05) is 0 Å². The van der Waals surface area contributed by atoms with Crippen LogP contribution in [0.2, 0.25) is 0 Å². The van der Waals surface area contributed by atoms with Crippen molar-refractivity contribution in [1.82, 2.24) is 0 Å². The van der Waals surface area contributed by atoms with Crippen molar-refractivity contribution in [2.24, 2.45) is 0 Å². The van der Waals surface area contributed by atoms with Crippen LogP contribution in [0.4, 0.5) is 5.69 Å². The van der Waals surface area contributed by atoms with E-state index in [1.54, 1.807) is 6.07 Å². The number of nitrogen functional groups attached to an aromatic ring is 1. The summed E-state index contributed by atoms with van der Waals surface area (Å²) >= 11 is 0. The van der Waals surface area contributed by atoms with Crippen molar-refractivity contribution in [3.63, 3.8) is 0 Å². The van der Waals surface area contributed by atoms with Crippen molar-refractivity contribution < 1.29 is 14.4 Å². The summed E-state index contributed by atoms with van der Waals surface area (Å²) in [5.41, 5.74) is 6.99. The first-order chi connectivity index (χ1) is 8.14. The molecule has 1 heterocycles. The van der Waals surface area contributed by atoms with Crippen LogP contribution in [0.1, 0.15) is 33.3 Å². The van der Waals surface area contributed by atoms with Crippen LogP contribution < -0.4 is 11.2 Å². The van der Waals surface area contributed by atoms with Gasteiger partial charge in [0.1, 0.15) is 5.75 Å². The lowest BCUT2D eigenvalue weighted by molar-refractivity contribution is 0.00578. The molecule has 3 N–H and O–H groups in total. The molecule has 2 rings (SSSR count). The van der Waals surface area contributed by atoms with Gasteiger partial charge in [0.05, 0.1) is 11.2 Å². The average molecular weight is 249 g/mol. The van der Waals surface area contributed by atoms with Crippen LogP contribution in [-0.2, 0) is 9.31 Å². The van der Waals surface area contributed by atoms with E-state index in [0.717, 1.165) is 11.0 Å². The van der Waals surface area contributed by atoms with Crippen LogP contribution in [0.3, 0.4) is 0 Å². The highest BCUT2D eigenvalue weighted by molar-refractivity contribution is 6.62. The van der Waals surface area contributed by atoms with Crippen molar-refractivity contribution >= 4 is 18.3 Å². The molecule has 0 bridgehead atoms. The molecule has 4 nitrogen and oxygen atoms in total. The zero-order valence-electron chi connectivity index (χ0n) is 11.6. The Morgan fingerprint density at radius 3 is 2.11 bits per heavy atom. The molecule has 1 saturated heterocycles. The van der Waals surface area contributed by atoms with Gasteiger partial charge in [0, 0.05) is 11.8 Å². The van der Waals surface area contributed by atoms with Crippen LogP contribution in [0, 0.1) is 6.92 Å². The predicted molar refractivity (Wildman–Crippen MR) is 73.0 cm³/mol. The minimum absolute atomic E-state index is 0.166. The summed E-state index contributed by atoms with van der Waals surface area (Å²) in [6, 6.07) is 3.32. The van der Waals surface area contributed by atoms with E-state index in [2.05, 4.69) is 0 Å². The number of phenolic OH excluding ortho intramolecular Hbond substituents is 1. The Bertz CT molecular complexity index is 469. The number of benzene rings is 1. The molecule has 0 atom stereocenters. The number of anilines is 1. The lowest BCUT2D eigenvalue weighted by Gasteiger charge is -2.32. The number of phenols is 1. The number of hydrogen-bond acceptors (Lipinski definition) is 4. The third kappa shape index (κ3) is 1.97. The maximum atomic E-state index is 9.81. The zero-order valence-corrected chi connectivity index (χ0v) is 11.6. The molecule has 18 heavy (non-hydrogen) atoms. The van der Waals surface area contributed by atoms with E-state index in [-0.39, 0.29) is 5.75 Å². The quantitative estimate of drug-likeness (QED) is 0.585. The van der Waals surface area contributed by atoms with Crippen LogP contribution in [0.15, 0.2) is 12.1 Å². The summed E-state index contributed by atoms with van der Waals surface area (Å²) in [7, 11) is -0.496. The molecule has 1 aromatic rings. The molecule has 98 valence electrons. The minimum atomic E-state index is -0.496. The van der Waals surface area contributed by atoms with E-state index in [1.165, 1.54) is 6.07 Å². The van der Waals surface area contributed by atoms with Gasteiger partial charge in [-0.2, -0.15) is 0 Å². The van der Waals surface area contributed by atoms with Gasteiger partial charge in [0.25, 0.3) is 0 Å². The second kappa shape index (κ2) is 3.90. The number of hydrogen-bond donors (Lipinski definition) is 2. The summed E-state index contributed by atoms with van der Waals surface area (Å²) in [6.07, 6.45) is 0. The Morgan fingerprint density at radius 2 is 1.61 bits per heavy atom. The Hall–Kier alpha value is -1.20. The van der Waals surface area contributed by atoms with Crippen molar-refractivity contribution in [3.8, 4) is 5.75 Å². The van der Waals surface area contributed by atoms with Gasteiger partial charge in [-0.25, -0.2) is 0 Å². The third-order valence-electron chi connectivity index (χ3n) is 3.95. The molecule has 0 unspecified atom stereocenters. The third-order valence-corrected chi connectivity index (χ3v) is 3.95. The highest BCUT2D eigenvalue weighted by atomic mass is 16.7. The highest BCUT2D eigenvalue weighted by Gasteiger charge is 2.52. The lowest BCUT2D eigenvalue weighted by Crippen LogP contribution is -2.41. The molecule has 1 aliphatic heterocycles. The summed E-state index contributed by atoms with van der Waals surface area (Å²) in [6.45, 7) is 9.81. The first-order valence-corrected chi connectivity index (χ1v) is 6.09. The van der Waals surface area contributed by atoms with Crippen LogP contribution in [-0.4, -0.2) is 23.4 Å². The van der Waals surface area contributed by atoms with E-state index < -0.39 is 18.3 Å². The molecule has 1 fully saturated rings. The fourth-order valence-corrected chi connectivity index (χ4v) is 1.96. The average Bonchev–Trinajstić information content (AvgIpc) is 2.42. The van der Waals surface area contributed by atoms with Gasteiger partial charge in [0.15, 0.2) is 0 Å². The van der Waals surface area contributed by atoms with Crippen molar-refractivity contribution in [2.45, 2.75) is 45.8 Å². The highest BCUT2D eigenvalue weighted by Crippen LogP contribution is 2.37. The molecule has 0 radical (unpaired) electrons. The molecule has 1 aromatic carbocycles. The van der Waals surface area contributed by atoms with E-state index in [9.17, 15) is 5.11 Å². The van der Waals surface area contributed by atoms with Gasteiger partial charge >= 0.3 is 7.12 Å². The van der Waals surface area contributed by atoms with Gasteiger partial charge in [0.2, 0.25) is 0 Å². The monoisotopic (exact) mass is 249 g/mol. The number of nitrogens with two attached hydrogens (primary N) is 1. The van der Waals surface area contributed by atoms with Crippen LogP contribution >= 0.6 is 0 Å². The van der Waals surface area contributed by atoms with Gasteiger partial charge in [-0.3, -0.25) is 0 Å². The summed E-state index contributed by atoms with van der Waals surface area (Å²) in [5.74, 6) is 0.166. The molecule has 0 spiro atoms. The summed E-state index contributed by atoms with van der Waals surface area (Å²) in [4.78, 5) is 0. The lowest BCUT2D eigenvalue weighted by atomic mass is 9.75. The predicted octanol–water partition coefficient (Wildman–Crippen LogP) is 1.58. The minimum Gasteiger partial charge on any atom is -0.508 e. The molecule has 5 heteroatoms. The van der Waals surface area contributed by atoms with E-state index >= 15 is 0 Å². The fourth-order valence-electron chi connectivity index (χ4n) is 1.96. The fraction of sp³-hybridized carbons (Fsp3) is 0.538. The van der Waals surface area contributed by atoms with Gasteiger partial charge < -0.3 is 20.1 Å². The van der Waals surface area contributed by atoms with Crippen molar-refractivity contribution in [3.05, 3.63) is 17.7 Å². The van der Waals surface area contributed by atoms with Crippen molar-refractivity contribution in [1.29, 1.82) is 0 Å². The maximum absolute atomic E-state index is 9.81. The standard InChI is InChI=1S/C13H20BNO3/c1-8-10(6-9(15)7-11(8)16)14-17-12(2,3)13(4,5)18-14/h6-7,16H,15H2,1-5H3. The Labute approximate surface area is 108 Å². The molecule has 0 amide bonds. The second-order valence-electron chi connectivity index (χ2n) is 5.84. The molecule has 0 aliphatic carbocycles. The Morgan fingerprint density at radius 1 is 1.11 bits per heavy atom. The van der Waals surface area contributed by atoms with Crippen LogP contribution in [0.25, 0.3) is 0 Å². The first-order valence-electron chi connectivity index (χ1n) is 6.09.